The molecule has 1 aromatic rings. The summed E-state index contributed by atoms with van der Waals surface area (Å²) in [5.74, 6) is 0.881. The van der Waals surface area contributed by atoms with Gasteiger partial charge in [-0.15, -0.1) is 10.2 Å². The standard InChI is InChI=1S/C10H20N4S2/c1-10(2,3)7(11)6-15-9-13-12-8(16-9)14(4)5/h7H,6,11H2,1-5H3. The van der Waals surface area contributed by atoms with Gasteiger partial charge in [0.05, 0.1) is 0 Å². The Kier molecular flexibility index (Phi) is 4.58. The molecule has 0 spiro atoms. The molecule has 0 aromatic carbocycles. The Morgan fingerprint density at radius 1 is 1.38 bits per heavy atom. The summed E-state index contributed by atoms with van der Waals surface area (Å²) in [7, 11) is 3.94. The van der Waals surface area contributed by atoms with Crippen LogP contribution in [0.5, 0.6) is 0 Å². The van der Waals surface area contributed by atoms with Crippen LogP contribution in [0.25, 0.3) is 0 Å². The molecule has 0 amide bonds. The first-order chi connectivity index (χ1) is 7.30. The van der Waals surface area contributed by atoms with Crippen LogP contribution in [0.1, 0.15) is 20.8 Å². The third-order valence-corrected chi connectivity index (χ3v) is 4.62. The van der Waals surface area contributed by atoms with E-state index in [-0.39, 0.29) is 11.5 Å². The Bertz CT molecular complexity index is 330. The van der Waals surface area contributed by atoms with Crippen LogP contribution in [-0.2, 0) is 0 Å². The molecule has 1 rings (SSSR count). The van der Waals surface area contributed by atoms with E-state index in [1.807, 2.05) is 19.0 Å². The lowest BCUT2D eigenvalue weighted by molar-refractivity contribution is 0.344. The summed E-state index contributed by atoms with van der Waals surface area (Å²) >= 11 is 3.29. The van der Waals surface area contributed by atoms with Crippen molar-refractivity contribution in [3.05, 3.63) is 0 Å². The first kappa shape index (κ1) is 13.7. The first-order valence-corrected chi connectivity index (χ1v) is 7.00. The molecule has 1 unspecified atom stereocenters. The summed E-state index contributed by atoms with van der Waals surface area (Å²) in [5, 5.41) is 9.15. The van der Waals surface area contributed by atoms with E-state index in [1.165, 1.54) is 0 Å². The maximum Gasteiger partial charge on any atom is 0.208 e. The predicted molar refractivity (Wildman–Crippen MR) is 72.4 cm³/mol. The monoisotopic (exact) mass is 260 g/mol. The van der Waals surface area contributed by atoms with Gasteiger partial charge in [-0.3, -0.25) is 0 Å². The molecule has 0 saturated carbocycles. The minimum atomic E-state index is 0.141. The van der Waals surface area contributed by atoms with E-state index in [2.05, 4.69) is 31.0 Å². The largest absolute Gasteiger partial charge is 0.353 e. The highest BCUT2D eigenvalue weighted by molar-refractivity contribution is 8.01. The van der Waals surface area contributed by atoms with E-state index in [9.17, 15) is 0 Å². The number of nitrogens with two attached hydrogens (primary N) is 1. The quantitative estimate of drug-likeness (QED) is 0.840. The maximum absolute atomic E-state index is 6.09. The Labute approximate surface area is 106 Å². The van der Waals surface area contributed by atoms with Crippen molar-refractivity contribution in [3.8, 4) is 0 Å². The summed E-state index contributed by atoms with van der Waals surface area (Å²) in [6.45, 7) is 6.47. The van der Waals surface area contributed by atoms with Gasteiger partial charge in [0.1, 0.15) is 0 Å². The number of hydrogen-bond donors (Lipinski definition) is 1. The molecule has 0 aliphatic carbocycles. The van der Waals surface area contributed by atoms with Crippen molar-refractivity contribution in [2.45, 2.75) is 31.2 Å². The van der Waals surface area contributed by atoms with Gasteiger partial charge in [0.2, 0.25) is 5.13 Å². The normalized spacial score (nSPS) is 13.9. The maximum atomic E-state index is 6.09. The average molecular weight is 260 g/mol. The van der Waals surface area contributed by atoms with Crippen LogP contribution in [-0.4, -0.2) is 36.1 Å². The summed E-state index contributed by atoms with van der Waals surface area (Å²) in [5.41, 5.74) is 6.23. The lowest BCUT2D eigenvalue weighted by Gasteiger charge is -2.26. The molecule has 92 valence electrons. The fourth-order valence-electron chi connectivity index (χ4n) is 0.853. The van der Waals surface area contributed by atoms with Gasteiger partial charge in [0.25, 0.3) is 0 Å². The van der Waals surface area contributed by atoms with E-state index < -0.39 is 0 Å². The molecule has 0 aliphatic heterocycles. The molecule has 0 radical (unpaired) electrons. The Hall–Kier alpha value is -0.330. The number of aromatic nitrogens is 2. The van der Waals surface area contributed by atoms with E-state index in [1.54, 1.807) is 23.1 Å². The molecular weight excluding hydrogens is 240 g/mol. The van der Waals surface area contributed by atoms with Gasteiger partial charge in [-0.05, 0) is 5.41 Å². The zero-order valence-corrected chi connectivity index (χ0v) is 12.2. The second kappa shape index (κ2) is 5.33. The molecule has 1 atom stereocenters. The molecule has 4 nitrogen and oxygen atoms in total. The smallest absolute Gasteiger partial charge is 0.208 e. The molecule has 0 bridgehead atoms. The molecule has 1 heterocycles. The summed E-state index contributed by atoms with van der Waals surface area (Å²) in [4.78, 5) is 1.96. The van der Waals surface area contributed by atoms with E-state index in [0.717, 1.165) is 15.2 Å². The first-order valence-electron chi connectivity index (χ1n) is 5.20. The number of anilines is 1. The van der Waals surface area contributed by atoms with Crippen molar-refractivity contribution in [2.75, 3.05) is 24.7 Å². The highest BCUT2D eigenvalue weighted by Gasteiger charge is 2.21. The van der Waals surface area contributed by atoms with Gasteiger partial charge in [0.15, 0.2) is 4.34 Å². The molecule has 2 N–H and O–H groups in total. The molecule has 0 saturated heterocycles. The van der Waals surface area contributed by atoms with Crippen LogP contribution in [0.4, 0.5) is 5.13 Å². The summed E-state index contributed by atoms with van der Waals surface area (Å²) < 4.78 is 0.989. The lowest BCUT2D eigenvalue weighted by Crippen LogP contribution is -2.37. The number of thioether (sulfide) groups is 1. The average Bonchev–Trinajstić information content (AvgIpc) is 2.60. The zero-order chi connectivity index (χ0) is 12.3. The number of rotatable bonds is 4. The highest BCUT2D eigenvalue weighted by atomic mass is 32.2. The number of nitrogens with zero attached hydrogens (tertiary/aromatic N) is 3. The van der Waals surface area contributed by atoms with E-state index >= 15 is 0 Å². The van der Waals surface area contributed by atoms with Crippen LogP contribution in [0.2, 0.25) is 0 Å². The van der Waals surface area contributed by atoms with Crippen molar-refractivity contribution in [1.29, 1.82) is 0 Å². The third-order valence-electron chi connectivity index (χ3n) is 2.28. The second-order valence-corrected chi connectivity index (χ2v) is 7.25. The van der Waals surface area contributed by atoms with Crippen LogP contribution in [0.15, 0.2) is 4.34 Å². The summed E-state index contributed by atoms with van der Waals surface area (Å²) in [6, 6.07) is 0.171. The van der Waals surface area contributed by atoms with Crippen molar-refractivity contribution in [1.82, 2.24) is 10.2 Å². The van der Waals surface area contributed by atoms with Crippen molar-refractivity contribution in [2.24, 2.45) is 11.1 Å². The van der Waals surface area contributed by atoms with Gasteiger partial charge in [-0.2, -0.15) is 0 Å². The molecule has 6 heteroatoms. The van der Waals surface area contributed by atoms with Crippen LogP contribution < -0.4 is 10.6 Å². The fraction of sp³-hybridized carbons (Fsp3) is 0.800. The van der Waals surface area contributed by atoms with Gasteiger partial charge < -0.3 is 10.6 Å². The predicted octanol–water partition coefficient (Wildman–Crippen LogP) is 2.07. The van der Waals surface area contributed by atoms with E-state index in [4.69, 9.17) is 5.73 Å². The van der Waals surface area contributed by atoms with Crippen LogP contribution in [0, 0.1) is 5.41 Å². The Morgan fingerprint density at radius 3 is 2.44 bits per heavy atom. The second-order valence-electron chi connectivity index (χ2n) is 5.03. The van der Waals surface area contributed by atoms with Crippen molar-refractivity contribution < 1.29 is 0 Å². The molecule has 1 aromatic heterocycles. The minimum Gasteiger partial charge on any atom is -0.353 e. The SMILES string of the molecule is CN(C)c1nnc(SCC(N)C(C)(C)C)s1. The fourth-order valence-corrected chi connectivity index (χ4v) is 2.94. The van der Waals surface area contributed by atoms with Gasteiger partial charge >= 0.3 is 0 Å². The highest BCUT2D eigenvalue weighted by Crippen LogP contribution is 2.29. The third kappa shape index (κ3) is 3.92. The van der Waals surface area contributed by atoms with Gasteiger partial charge in [0, 0.05) is 25.9 Å². The van der Waals surface area contributed by atoms with E-state index in [0.29, 0.717) is 0 Å². The Morgan fingerprint density at radius 2 is 2.00 bits per heavy atom. The lowest BCUT2D eigenvalue weighted by atomic mass is 9.89. The van der Waals surface area contributed by atoms with Gasteiger partial charge in [-0.1, -0.05) is 43.9 Å². The van der Waals surface area contributed by atoms with Crippen molar-refractivity contribution in [3.63, 3.8) is 0 Å². The molecule has 16 heavy (non-hydrogen) atoms. The molecule has 0 fully saturated rings. The van der Waals surface area contributed by atoms with Gasteiger partial charge in [-0.25, -0.2) is 0 Å². The van der Waals surface area contributed by atoms with Crippen molar-refractivity contribution >= 4 is 28.2 Å². The topological polar surface area (TPSA) is 55.0 Å². The number of hydrogen-bond acceptors (Lipinski definition) is 6. The van der Waals surface area contributed by atoms with Crippen LogP contribution in [0.3, 0.4) is 0 Å². The Balaban J connectivity index is 2.49. The zero-order valence-electron chi connectivity index (χ0n) is 10.5. The van der Waals surface area contributed by atoms with Crippen LogP contribution >= 0.6 is 23.1 Å². The molecular formula is C10H20N4S2. The molecule has 0 aliphatic rings. The minimum absolute atomic E-state index is 0.141. The summed E-state index contributed by atoms with van der Waals surface area (Å²) in [6.07, 6.45) is 0.